The normalized spacial score (nSPS) is 27.4. The molecule has 4 aromatic rings. The van der Waals surface area contributed by atoms with Gasteiger partial charge in [0, 0.05) is 5.41 Å². The number of fused-ring (bicyclic) bond motifs is 4. The number of esters is 2. The molecule has 0 aliphatic heterocycles. The highest BCUT2D eigenvalue weighted by Gasteiger charge is 2.89. The summed E-state index contributed by atoms with van der Waals surface area (Å²) in [6.07, 6.45) is 4.34. The molecule has 1 spiro atoms. The summed E-state index contributed by atoms with van der Waals surface area (Å²) in [6.45, 7) is 4.42. The van der Waals surface area contributed by atoms with Crippen LogP contribution in [0, 0.1) is 0 Å². The van der Waals surface area contributed by atoms with Crippen molar-refractivity contribution in [1.82, 2.24) is 0 Å². The third kappa shape index (κ3) is 3.50. The van der Waals surface area contributed by atoms with Crippen LogP contribution in [0.2, 0.25) is 0 Å². The van der Waals surface area contributed by atoms with Crippen molar-refractivity contribution < 1.29 is 19.1 Å². The van der Waals surface area contributed by atoms with Crippen LogP contribution >= 0.6 is 0 Å². The molecule has 218 valence electrons. The molecule has 3 aliphatic rings. The van der Waals surface area contributed by atoms with Gasteiger partial charge in [-0.25, -0.2) is 9.59 Å². The summed E-state index contributed by atoms with van der Waals surface area (Å²) >= 11 is 0. The molecule has 1 saturated carbocycles. The van der Waals surface area contributed by atoms with Crippen molar-refractivity contribution in [3.05, 3.63) is 143 Å². The van der Waals surface area contributed by atoms with E-state index in [1.807, 2.05) is 36.4 Å². The molecule has 0 aromatic heterocycles. The number of benzene rings is 4. The molecule has 0 saturated heterocycles. The van der Waals surface area contributed by atoms with Crippen LogP contribution in [0.15, 0.2) is 109 Å². The molecule has 1 fully saturated rings. The lowest BCUT2D eigenvalue weighted by Gasteiger charge is -2.70. The maximum atomic E-state index is 14.0. The van der Waals surface area contributed by atoms with E-state index >= 15 is 0 Å². The first-order valence-corrected chi connectivity index (χ1v) is 15.8. The number of hydrogen-bond donors (Lipinski definition) is 0. The van der Waals surface area contributed by atoms with Gasteiger partial charge in [0.25, 0.3) is 0 Å². The van der Waals surface area contributed by atoms with E-state index in [-0.39, 0.29) is 11.9 Å². The first-order valence-electron chi connectivity index (χ1n) is 15.8. The molecule has 0 amide bonds. The van der Waals surface area contributed by atoms with E-state index < -0.39 is 28.5 Å². The summed E-state index contributed by atoms with van der Waals surface area (Å²) in [5, 5.41) is 0. The zero-order valence-corrected chi connectivity index (χ0v) is 24.9. The van der Waals surface area contributed by atoms with E-state index in [0.717, 1.165) is 38.5 Å². The van der Waals surface area contributed by atoms with Gasteiger partial charge in [-0.3, -0.25) is 0 Å². The van der Waals surface area contributed by atoms with Crippen molar-refractivity contribution in [3.8, 4) is 0 Å². The molecule has 4 unspecified atom stereocenters. The number of carbonyl (C=O) groups is 2. The van der Waals surface area contributed by atoms with Crippen LogP contribution in [-0.2, 0) is 25.7 Å². The Morgan fingerprint density at radius 1 is 0.535 bits per heavy atom. The standard InChI is InChI=1S/C39H38O4/c1-3-5-25-37-29-21-13-15-23-31(29)39(37)32-24-16-14-22-30(32)38(39,26-6-4-2)34(43-36(41)28-19-11-8-12-20-28)33(37)42-35(40)27-17-9-7-10-18-27/h7-24,33-34H,3-6,25-26H2,1-2H3/t33?,34?,37-,38?,39?/m0/s1. The molecule has 43 heavy (non-hydrogen) atoms. The molecule has 4 heteroatoms. The van der Waals surface area contributed by atoms with Gasteiger partial charge >= 0.3 is 11.9 Å². The Balaban J connectivity index is 1.49. The van der Waals surface area contributed by atoms with E-state index in [9.17, 15) is 9.59 Å². The quantitative estimate of drug-likeness (QED) is 0.180. The van der Waals surface area contributed by atoms with Gasteiger partial charge < -0.3 is 9.47 Å². The van der Waals surface area contributed by atoms with Crippen LogP contribution in [-0.4, -0.2) is 24.1 Å². The summed E-state index contributed by atoms with van der Waals surface area (Å²) in [4.78, 5) is 27.9. The largest absolute Gasteiger partial charge is 0.454 e. The van der Waals surface area contributed by atoms with Gasteiger partial charge in [0.2, 0.25) is 0 Å². The van der Waals surface area contributed by atoms with Crippen LogP contribution in [0.4, 0.5) is 0 Å². The highest BCUT2D eigenvalue weighted by Crippen LogP contribution is 2.83. The maximum Gasteiger partial charge on any atom is 0.338 e. The van der Waals surface area contributed by atoms with Crippen LogP contribution in [0.1, 0.15) is 95.3 Å². The fourth-order valence-electron chi connectivity index (χ4n) is 9.11. The lowest BCUT2D eigenvalue weighted by molar-refractivity contribution is -0.0567. The second kappa shape index (κ2) is 10.5. The Morgan fingerprint density at radius 2 is 0.884 bits per heavy atom. The number of hydrogen-bond acceptors (Lipinski definition) is 4. The van der Waals surface area contributed by atoms with Gasteiger partial charge in [-0.2, -0.15) is 0 Å². The molecule has 0 bridgehead atoms. The topological polar surface area (TPSA) is 52.6 Å². The van der Waals surface area contributed by atoms with Crippen LogP contribution in [0.3, 0.4) is 0 Å². The van der Waals surface area contributed by atoms with Gasteiger partial charge in [0.1, 0.15) is 0 Å². The van der Waals surface area contributed by atoms with Crippen LogP contribution in [0.25, 0.3) is 0 Å². The molecule has 7 rings (SSSR count). The third-order valence-electron chi connectivity index (χ3n) is 10.5. The maximum absolute atomic E-state index is 14.0. The van der Waals surface area contributed by atoms with Crippen LogP contribution < -0.4 is 0 Å². The minimum atomic E-state index is -0.654. The van der Waals surface area contributed by atoms with Crippen molar-refractivity contribution in [2.24, 2.45) is 0 Å². The second-order valence-corrected chi connectivity index (χ2v) is 12.4. The van der Waals surface area contributed by atoms with Gasteiger partial charge in [-0.1, -0.05) is 124 Å². The summed E-state index contributed by atoms with van der Waals surface area (Å²) in [7, 11) is 0. The van der Waals surface area contributed by atoms with Crippen molar-refractivity contribution >= 4 is 11.9 Å². The predicted molar refractivity (Wildman–Crippen MR) is 167 cm³/mol. The van der Waals surface area contributed by atoms with Crippen molar-refractivity contribution in [1.29, 1.82) is 0 Å². The third-order valence-corrected chi connectivity index (χ3v) is 10.5. The van der Waals surface area contributed by atoms with Crippen molar-refractivity contribution in [2.45, 2.75) is 80.8 Å². The fourth-order valence-corrected chi connectivity index (χ4v) is 9.11. The zero-order valence-electron chi connectivity index (χ0n) is 24.9. The molecule has 0 N–H and O–H groups in total. The predicted octanol–water partition coefficient (Wildman–Crippen LogP) is 8.32. The highest BCUT2D eigenvalue weighted by atomic mass is 16.6. The van der Waals surface area contributed by atoms with E-state index in [0.29, 0.717) is 11.1 Å². The summed E-state index contributed by atoms with van der Waals surface area (Å²) in [6, 6.07) is 35.8. The Labute approximate surface area is 254 Å². The SMILES string of the molecule is CCCCC12c3ccccc3C13c1ccccc1[C@@]3(CCCC)C(OC(=O)c1ccccc1)C2OC(=O)c1ccccc1. The highest BCUT2D eigenvalue weighted by molar-refractivity contribution is 5.92. The van der Waals surface area contributed by atoms with E-state index in [4.69, 9.17) is 9.47 Å². The Hall–Kier alpha value is -4.18. The lowest BCUT2D eigenvalue weighted by atomic mass is 9.31. The summed E-state index contributed by atoms with van der Waals surface area (Å²) < 4.78 is 13.5. The van der Waals surface area contributed by atoms with Crippen LogP contribution in [0.5, 0.6) is 0 Å². The molecule has 5 atom stereocenters. The fraction of sp³-hybridized carbons (Fsp3) is 0.333. The Bertz CT molecular complexity index is 1540. The minimum absolute atomic E-state index is 0.377. The molecular formula is C39H38O4. The summed E-state index contributed by atoms with van der Waals surface area (Å²) in [5.74, 6) is -0.754. The smallest absolute Gasteiger partial charge is 0.338 e. The van der Waals surface area contributed by atoms with E-state index in [1.165, 1.54) is 22.3 Å². The average molecular weight is 571 g/mol. The average Bonchev–Trinajstić information content (AvgIpc) is 3.18. The number of carbonyl (C=O) groups excluding carboxylic acids is 2. The molecule has 4 nitrogen and oxygen atoms in total. The van der Waals surface area contributed by atoms with Gasteiger partial charge in [0.05, 0.1) is 22.0 Å². The van der Waals surface area contributed by atoms with Gasteiger partial charge in [-0.15, -0.1) is 0 Å². The first kappa shape index (κ1) is 27.6. The Kier molecular flexibility index (Phi) is 6.76. The Morgan fingerprint density at radius 3 is 1.26 bits per heavy atom. The van der Waals surface area contributed by atoms with Gasteiger partial charge in [-0.05, 0) is 59.4 Å². The number of ether oxygens (including phenoxy) is 2. The minimum Gasteiger partial charge on any atom is -0.454 e. The van der Waals surface area contributed by atoms with E-state index in [2.05, 4.69) is 62.4 Å². The zero-order chi connectivity index (χ0) is 29.7. The molecule has 0 heterocycles. The number of unbranched alkanes of at least 4 members (excludes halogenated alkanes) is 2. The monoisotopic (exact) mass is 570 g/mol. The summed E-state index contributed by atoms with van der Waals surface area (Å²) in [5.41, 5.74) is 4.58. The second-order valence-electron chi connectivity index (χ2n) is 12.4. The molecule has 3 aliphatic carbocycles. The van der Waals surface area contributed by atoms with Crippen molar-refractivity contribution in [3.63, 3.8) is 0 Å². The molecule has 0 radical (unpaired) electrons. The van der Waals surface area contributed by atoms with Crippen molar-refractivity contribution in [2.75, 3.05) is 0 Å². The molecule has 4 aromatic carbocycles. The van der Waals surface area contributed by atoms with Gasteiger partial charge in [0.15, 0.2) is 12.2 Å². The first-order chi connectivity index (χ1) is 21.1. The van der Waals surface area contributed by atoms with E-state index in [1.54, 1.807) is 24.3 Å². The number of rotatable bonds is 10. The lowest BCUT2D eigenvalue weighted by Crippen LogP contribution is -2.72. The molecular weight excluding hydrogens is 532 g/mol.